The van der Waals surface area contributed by atoms with Crippen LogP contribution >= 0.6 is 22.9 Å². The van der Waals surface area contributed by atoms with E-state index in [-0.39, 0.29) is 6.04 Å². The summed E-state index contributed by atoms with van der Waals surface area (Å²) in [5.74, 6) is 1.61. The van der Waals surface area contributed by atoms with Gasteiger partial charge in [-0.2, -0.15) is 0 Å². The molecule has 0 aromatic carbocycles. The summed E-state index contributed by atoms with van der Waals surface area (Å²) in [6, 6.07) is 4.56. The van der Waals surface area contributed by atoms with Crippen molar-refractivity contribution in [2.75, 3.05) is 5.88 Å². The van der Waals surface area contributed by atoms with Crippen LogP contribution in [0.3, 0.4) is 0 Å². The van der Waals surface area contributed by atoms with E-state index in [1.165, 1.54) is 15.3 Å². The number of fused-ring (bicyclic) bond motifs is 1. The van der Waals surface area contributed by atoms with Gasteiger partial charge in [0.15, 0.2) is 0 Å². The summed E-state index contributed by atoms with van der Waals surface area (Å²) in [5.41, 5.74) is 3.43. The Morgan fingerprint density at radius 1 is 1.38 bits per heavy atom. The second kappa shape index (κ2) is 5.78. The van der Waals surface area contributed by atoms with Gasteiger partial charge in [-0.15, -0.1) is 22.9 Å². The third-order valence-corrected chi connectivity index (χ3v) is 4.97. The molecule has 0 aliphatic heterocycles. The van der Waals surface area contributed by atoms with Crippen molar-refractivity contribution < 1.29 is 0 Å². The number of aromatic nitrogens is 3. The van der Waals surface area contributed by atoms with E-state index in [1.54, 1.807) is 0 Å². The number of alkyl halides is 1. The van der Waals surface area contributed by atoms with Gasteiger partial charge in [0, 0.05) is 28.3 Å². The molecule has 0 saturated heterocycles. The summed E-state index contributed by atoms with van der Waals surface area (Å²) in [7, 11) is 0. The van der Waals surface area contributed by atoms with Crippen molar-refractivity contribution in [1.82, 2.24) is 14.5 Å². The Kier molecular flexibility index (Phi) is 4.00. The molecular formula is C16H18ClN3S. The molecule has 3 heterocycles. The van der Waals surface area contributed by atoms with Crippen LogP contribution in [0.15, 0.2) is 24.5 Å². The molecule has 3 aromatic rings. The molecule has 0 bridgehead atoms. The zero-order valence-electron chi connectivity index (χ0n) is 12.4. The highest BCUT2D eigenvalue weighted by Crippen LogP contribution is 2.32. The van der Waals surface area contributed by atoms with Gasteiger partial charge in [0.1, 0.15) is 11.3 Å². The van der Waals surface area contributed by atoms with Crippen LogP contribution in [0, 0.1) is 13.8 Å². The smallest absolute Gasteiger partial charge is 0.111 e. The van der Waals surface area contributed by atoms with Crippen molar-refractivity contribution in [2.45, 2.75) is 33.2 Å². The van der Waals surface area contributed by atoms with Crippen molar-refractivity contribution in [3.8, 4) is 0 Å². The summed E-state index contributed by atoms with van der Waals surface area (Å²) in [4.78, 5) is 11.6. The minimum atomic E-state index is 0.251. The number of rotatable bonds is 4. The number of aryl methyl sites for hydroxylation is 3. The van der Waals surface area contributed by atoms with Crippen LogP contribution in [0.2, 0.25) is 0 Å². The van der Waals surface area contributed by atoms with Gasteiger partial charge < -0.3 is 4.57 Å². The second-order valence-corrected chi connectivity index (χ2v) is 7.08. The zero-order chi connectivity index (χ0) is 15.0. The Balaban J connectivity index is 2.17. The summed E-state index contributed by atoms with van der Waals surface area (Å²) in [5, 5.41) is 0. The number of nitrogens with zero attached hydrogens (tertiary/aromatic N) is 3. The predicted octanol–water partition coefficient (Wildman–Crippen LogP) is 4.50. The highest BCUT2D eigenvalue weighted by atomic mass is 35.5. The minimum Gasteiger partial charge on any atom is -0.320 e. The Morgan fingerprint density at radius 3 is 2.86 bits per heavy atom. The SMILES string of the molecule is Cc1cc(C(C)n2c(CCCl)nc3cnccc32)c(C)s1. The van der Waals surface area contributed by atoms with Crippen molar-refractivity contribution in [1.29, 1.82) is 0 Å². The van der Waals surface area contributed by atoms with E-state index in [1.807, 2.05) is 29.8 Å². The molecular weight excluding hydrogens is 302 g/mol. The fraction of sp³-hybridized carbons (Fsp3) is 0.375. The molecule has 0 aliphatic carbocycles. The highest BCUT2D eigenvalue weighted by Gasteiger charge is 2.19. The van der Waals surface area contributed by atoms with Gasteiger partial charge in [-0.3, -0.25) is 4.98 Å². The maximum Gasteiger partial charge on any atom is 0.111 e. The number of thiophene rings is 1. The minimum absolute atomic E-state index is 0.251. The van der Waals surface area contributed by atoms with E-state index < -0.39 is 0 Å². The van der Waals surface area contributed by atoms with Crippen molar-refractivity contribution in [2.24, 2.45) is 0 Å². The molecule has 1 atom stereocenters. The number of imidazole rings is 1. The molecule has 0 spiro atoms. The van der Waals surface area contributed by atoms with E-state index in [2.05, 4.69) is 36.4 Å². The molecule has 3 aromatic heterocycles. The van der Waals surface area contributed by atoms with Crippen LogP contribution in [0.5, 0.6) is 0 Å². The fourth-order valence-electron chi connectivity index (χ4n) is 2.90. The Labute approximate surface area is 133 Å². The van der Waals surface area contributed by atoms with Crippen LogP contribution in [-0.2, 0) is 6.42 Å². The van der Waals surface area contributed by atoms with E-state index in [9.17, 15) is 0 Å². The first-order valence-corrected chi connectivity index (χ1v) is 8.40. The van der Waals surface area contributed by atoms with Crippen molar-refractivity contribution in [3.63, 3.8) is 0 Å². The lowest BCUT2D eigenvalue weighted by Gasteiger charge is -2.17. The average molecular weight is 320 g/mol. The number of halogens is 1. The molecule has 0 aliphatic rings. The molecule has 3 rings (SSSR count). The molecule has 1 unspecified atom stereocenters. The van der Waals surface area contributed by atoms with Gasteiger partial charge >= 0.3 is 0 Å². The number of hydrogen-bond acceptors (Lipinski definition) is 3. The fourth-order valence-corrected chi connectivity index (χ4v) is 4.08. The third kappa shape index (κ3) is 2.58. The maximum absolute atomic E-state index is 5.95. The van der Waals surface area contributed by atoms with E-state index in [0.717, 1.165) is 23.3 Å². The lowest BCUT2D eigenvalue weighted by molar-refractivity contribution is 0.623. The van der Waals surface area contributed by atoms with Crippen molar-refractivity contribution in [3.05, 3.63) is 45.7 Å². The number of hydrogen-bond donors (Lipinski definition) is 0. The van der Waals surface area contributed by atoms with Gasteiger partial charge in [-0.05, 0) is 38.5 Å². The first kappa shape index (κ1) is 14.5. The Bertz CT molecular complexity index is 775. The van der Waals surface area contributed by atoms with Crippen LogP contribution < -0.4 is 0 Å². The summed E-state index contributed by atoms with van der Waals surface area (Å²) >= 11 is 7.80. The van der Waals surface area contributed by atoms with Crippen LogP contribution in [0.1, 0.15) is 34.1 Å². The van der Waals surface area contributed by atoms with Gasteiger partial charge in [-0.25, -0.2) is 4.98 Å². The van der Waals surface area contributed by atoms with Gasteiger partial charge in [0.2, 0.25) is 0 Å². The molecule has 0 amide bonds. The summed E-state index contributed by atoms with van der Waals surface area (Å²) < 4.78 is 2.30. The molecule has 3 nitrogen and oxygen atoms in total. The van der Waals surface area contributed by atoms with E-state index in [4.69, 9.17) is 16.6 Å². The molecule has 0 fully saturated rings. The van der Waals surface area contributed by atoms with Gasteiger partial charge in [0.25, 0.3) is 0 Å². The van der Waals surface area contributed by atoms with Crippen LogP contribution in [-0.4, -0.2) is 20.4 Å². The molecule has 0 N–H and O–H groups in total. The van der Waals surface area contributed by atoms with Gasteiger partial charge in [-0.1, -0.05) is 0 Å². The molecule has 21 heavy (non-hydrogen) atoms. The van der Waals surface area contributed by atoms with Crippen LogP contribution in [0.25, 0.3) is 11.0 Å². The van der Waals surface area contributed by atoms with E-state index >= 15 is 0 Å². The maximum atomic E-state index is 5.95. The summed E-state index contributed by atoms with van der Waals surface area (Å²) in [6.07, 6.45) is 4.41. The Hall–Kier alpha value is -1.39. The normalized spacial score (nSPS) is 13.0. The molecule has 5 heteroatoms. The van der Waals surface area contributed by atoms with E-state index in [0.29, 0.717) is 5.88 Å². The zero-order valence-corrected chi connectivity index (χ0v) is 14.0. The molecule has 0 radical (unpaired) electrons. The molecule has 110 valence electrons. The third-order valence-electron chi connectivity index (χ3n) is 3.80. The first-order chi connectivity index (χ1) is 10.1. The lowest BCUT2D eigenvalue weighted by Crippen LogP contribution is -2.11. The second-order valence-electron chi connectivity index (χ2n) is 5.25. The largest absolute Gasteiger partial charge is 0.320 e. The standard InChI is InChI=1S/C16H18ClN3S/c1-10-8-13(12(3)21-10)11(2)20-15-5-7-18-9-14(15)19-16(20)4-6-17/h5,7-9,11H,4,6H2,1-3H3. The lowest BCUT2D eigenvalue weighted by atomic mass is 10.1. The Morgan fingerprint density at radius 2 is 2.19 bits per heavy atom. The summed E-state index contributed by atoms with van der Waals surface area (Å²) in [6.45, 7) is 6.57. The number of pyridine rings is 1. The predicted molar refractivity (Wildman–Crippen MR) is 89.6 cm³/mol. The monoisotopic (exact) mass is 319 g/mol. The van der Waals surface area contributed by atoms with Crippen molar-refractivity contribution >= 4 is 34.0 Å². The molecule has 0 saturated carbocycles. The topological polar surface area (TPSA) is 30.7 Å². The quantitative estimate of drug-likeness (QED) is 0.663. The van der Waals surface area contributed by atoms with Crippen LogP contribution in [0.4, 0.5) is 0 Å². The highest BCUT2D eigenvalue weighted by molar-refractivity contribution is 7.12. The first-order valence-electron chi connectivity index (χ1n) is 7.05. The average Bonchev–Trinajstić information content (AvgIpc) is 2.98. The van der Waals surface area contributed by atoms with Gasteiger partial charge in [0.05, 0.1) is 17.8 Å².